The van der Waals surface area contributed by atoms with Gasteiger partial charge < -0.3 is 15.2 Å². The SMILES string of the molecule is CC.CCSC.Cc1ccccc1-c1cc(COCc2cnc(-c3ccccc3)s2)ccc1C(=O)NC(CCS(C)(=O)=O)C(=O)O. The van der Waals surface area contributed by atoms with E-state index in [9.17, 15) is 23.1 Å². The molecule has 0 fully saturated rings. The molecule has 1 amide bonds. The number of aliphatic carboxylic acids is 1. The monoisotopic (exact) mass is 684 g/mol. The molecule has 8 nitrogen and oxygen atoms in total. The van der Waals surface area contributed by atoms with Crippen LogP contribution < -0.4 is 5.32 Å². The molecular weight excluding hydrogens is 641 g/mol. The molecule has 2 N–H and O–H groups in total. The summed E-state index contributed by atoms with van der Waals surface area (Å²) in [6, 6.07) is 21.5. The smallest absolute Gasteiger partial charge is 0.326 e. The highest BCUT2D eigenvalue weighted by Crippen LogP contribution is 2.29. The number of hydrogen-bond donors (Lipinski definition) is 2. The predicted octanol–water partition coefficient (Wildman–Crippen LogP) is 7.52. The first-order chi connectivity index (χ1) is 22.0. The van der Waals surface area contributed by atoms with E-state index < -0.39 is 27.8 Å². The van der Waals surface area contributed by atoms with Crippen LogP contribution in [0, 0.1) is 6.92 Å². The third-order valence-corrected chi connectivity index (χ3v) is 9.10. The lowest BCUT2D eigenvalue weighted by atomic mass is 9.93. The highest BCUT2D eigenvalue weighted by molar-refractivity contribution is 7.98. The Bertz CT molecular complexity index is 1640. The van der Waals surface area contributed by atoms with Gasteiger partial charge in [-0.2, -0.15) is 11.8 Å². The molecule has 0 saturated carbocycles. The number of carbonyl (C=O) groups is 2. The van der Waals surface area contributed by atoms with Crippen LogP contribution in [-0.4, -0.2) is 60.4 Å². The lowest BCUT2D eigenvalue weighted by Crippen LogP contribution is -2.42. The van der Waals surface area contributed by atoms with Crippen molar-refractivity contribution in [1.29, 1.82) is 0 Å². The van der Waals surface area contributed by atoms with E-state index in [1.54, 1.807) is 23.5 Å². The van der Waals surface area contributed by atoms with Gasteiger partial charge in [0.2, 0.25) is 0 Å². The lowest BCUT2D eigenvalue weighted by Gasteiger charge is -2.17. The summed E-state index contributed by atoms with van der Waals surface area (Å²) in [5.41, 5.74) is 4.59. The van der Waals surface area contributed by atoms with Crippen LogP contribution in [0.5, 0.6) is 0 Å². The number of nitrogens with one attached hydrogen (secondary N) is 1. The van der Waals surface area contributed by atoms with E-state index >= 15 is 0 Å². The van der Waals surface area contributed by atoms with Gasteiger partial charge in [0.15, 0.2) is 0 Å². The van der Waals surface area contributed by atoms with Crippen molar-refractivity contribution in [2.24, 2.45) is 0 Å². The standard InChI is InChI=1S/C30H30N2O6S2.C3H8S.C2H6/c1-20-8-6-7-11-24(20)26-16-21(18-38-19-23-17-31-29(39-23)22-9-4-3-5-10-22)12-13-25(26)28(33)32-27(30(34)35)14-15-40(2,36)37;1-3-4-2;1-2/h3-13,16-17,27H,14-15,18-19H2,1-2H3,(H,32,33)(H,34,35);3H2,1-2H3;1-2H3. The maximum Gasteiger partial charge on any atom is 0.326 e. The molecule has 11 heteroatoms. The number of rotatable bonds is 13. The fourth-order valence-electron chi connectivity index (χ4n) is 4.16. The summed E-state index contributed by atoms with van der Waals surface area (Å²) < 4.78 is 29.1. The number of carboxylic acids is 1. The number of thiazole rings is 1. The topological polar surface area (TPSA) is 123 Å². The van der Waals surface area contributed by atoms with E-state index in [2.05, 4.69) is 23.5 Å². The summed E-state index contributed by atoms with van der Waals surface area (Å²) in [5.74, 6) is -1.000. The first kappa shape index (κ1) is 38.7. The van der Waals surface area contributed by atoms with Crippen LogP contribution in [0.4, 0.5) is 0 Å². The number of sulfone groups is 1. The molecule has 0 bridgehead atoms. The Hall–Kier alpha value is -3.51. The Balaban J connectivity index is 0.00000114. The van der Waals surface area contributed by atoms with Crippen molar-refractivity contribution < 1.29 is 27.9 Å². The van der Waals surface area contributed by atoms with E-state index in [1.165, 1.54) is 5.75 Å². The number of hydrogen-bond acceptors (Lipinski definition) is 8. The summed E-state index contributed by atoms with van der Waals surface area (Å²) in [6.07, 6.45) is 4.71. The fraction of sp³-hybridized carbons (Fsp3) is 0.343. The molecule has 1 atom stereocenters. The quantitative estimate of drug-likeness (QED) is 0.148. The molecule has 3 aromatic carbocycles. The van der Waals surface area contributed by atoms with Gasteiger partial charge >= 0.3 is 5.97 Å². The van der Waals surface area contributed by atoms with Crippen LogP contribution in [-0.2, 0) is 32.6 Å². The number of benzene rings is 3. The number of nitrogens with zero attached hydrogens (tertiary/aromatic N) is 1. The molecule has 0 spiro atoms. The number of ether oxygens (including phenoxy) is 1. The van der Waals surface area contributed by atoms with Gasteiger partial charge in [0.25, 0.3) is 5.91 Å². The number of carboxylic acid groups (broad SMARTS) is 1. The molecule has 4 rings (SSSR count). The zero-order valence-corrected chi connectivity index (χ0v) is 29.7. The number of amides is 1. The van der Waals surface area contributed by atoms with E-state index in [0.717, 1.165) is 38.4 Å². The van der Waals surface area contributed by atoms with E-state index in [-0.39, 0.29) is 12.2 Å². The minimum Gasteiger partial charge on any atom is -0.480 e. The molecule has 0 radical (unpaired) electrons. The number of aromatic nitrogens is 1. The minimum atomic E-state index is -3.39. The third-order valence-electron chi connectivity index (χ3n) is 6.52. The van der Waals surface area contributed by atoms with Gasteiger partial charge in [-0.25, -0.2) is 18.2 Å². The molecule has 0 aliphatic rings. The van der Waals surface area contributed by atoms with Crippen molar-refractivity contribution in [1.82, 2.24) is 10.3 Å². The Labute approximate surface area is 281 Å². The second-order valence-corrected chi connectivity index (χ2v) is 14.6. The largest absolute Gasteiger partial charge is 0.480 e. The van der Waals surface area contributed by atoms with Crippen LogP contribution in [0.3, 0.4) is 0 Å². The second kappa shape index (κ2) is 19.9. The molecule has 46 heavy (non-hydrogen) atoms. The molecule has 0 aliphatic heterocycles. The van der Waals surface area contributed by atoms with Crippen molar-refractivity contribution in [2.75, 3.05) is 24.0 Å². The van der Waals surface area contributed by atoms with E-state index in [1.807, 2.05) is 99.4 Å². The van der Waals surface area contributed by atoms with Crippen molar-refractivity contribution in [3.63, 3.8) is 0 Å². The number of carbonyl (C=O) groups excluding carboxylic acids is 1. The van der Waals surface area contributed by atoms with Gasteiger partial charge in [0.1, 0.15) is 20.9 Å². The predicted molar refractivity (Wildman–Crippen MR) is 191 cm³/mol. The van der Waals surface area contributed by atoms with E-state index in [0.29, 0.717) is 24.3 Å². The average Bonchev–Trinajstić information content (AvgIpc) is 3.53. The van der Waals surface area contributed by atoms with Crippen LogP contribution in [0.25, 0.3) is 21.7 Å². The minimum absolute atomic E-state index is 0.227. The Morgan fingerprint density at radius 1 is 1.00 bits per heavy atom. The first-order valence-electron chi connectivity index (χ1n) is 15.0. The van der Waals surface area contributed by atoms with Crippen molar-refractivity contribution >= 4 is 44.8 Å². The highest BCUT2D eigenvalue weighted by Gasteiger charge is 2.24. The number of thioether (sulfide) groups is 1. The molecule has 248 valence electrons. The fourth-order valence-corrected chi connectivity index (χ4v) is 5.68. The van der Waals surface area contributed by atoms with Gasteiger partial charge in [0.05, 0.1) is 23.8 Å². The van der Waals surface area contributed by atoms with Crippen molar-refractivity contribution in [3.05, 3.63) is 101 Å². The zero-order valence-electron chi connectivity index (χ0n) is 27.3. The molecule has 0 saturated heterocycles. The molecule has 1 heterocycles. The lowest BCUT2D eigenvalue weighted by molar-refractivity contribution is -0.139. The molecule has 0 aliphatic carbocycles. The second-order valence-electron chi connectivity index (χ2n) is 10.0. The van der Waals surface area contributed by atoms with Crippen LogP contribution in [0.2, 0.25) is 0 Å². The average molecular weight is 685 g/mol. The van der Waals surface area contributed by atoms with Gasteiger partial charge in [-0.15, -0.1) is 11.3 Å². The summed E-state index contributed by atoms with van der Waals surface area (Å²) in [5, 5.41) is 13.0. The highest BCUT2D eigenvalue weighted by atomic mass is 32.2. The summed E-state index contributed by atoms with van der Waals surface area (Å²) >= 11 is 3.42. The molecule has 1 aromatic heterocycles. The molecule has 4 aromatic rings. The first-order valence-corrected chi connectivity index (χ1v) is 19.3. The summed E-state index contributed by atoms with van der Waals surface area (Å²) in [6.45, 7) is 8.75. The van der Waals surface area contributed by atoms with Crippen LogP contribution in [0.15, 0.2) is 79.0 Å². The maximum absolute atomic E-state index is 13.3. The summed E-state index contributed by atoms with van der Waals surface area (Å²) in [7, 11) is -3.39. The number of aryl methyl sites for hydroxylation is 1. The van der Waals surface area contributed by atoms with Gasteiger partial charge in [-0.3, -0.25) is 4.79 Å². The van der Waals surface area contributed by atoms with E-state index in [4.69, 9.17) is 4.74 Å². The Kier molecular flexibility index (Phi) is 16.7. The zero-order chi connectivity index (χ0) is 34.1. The summed E-state index contributed by atoms with van der Waals surface area (Å²) in [4.78, 5) is 30.5. The van der Waals surface area contributed by atoms with Crippen LogP contribution >= 0.6 is 23.1 Å². The normalized spacial score (nSPS) is 11.3. The van der Waals surface area contributed by atoms with Gasteiger partial charge in [-0.05, 0) is 59.7 Å². The van der Waals surface area contributed by atoms with Gasteiger partial charge in [-0.1, -0.05) is 81.4 Å². The van der Waals surface area contributed by atoms with Crippen LogP contribution in [0.1, 0.15) is 53.6 Å². The maximum atomic E-state index is 13.3. The molecule has 1 unspecified atom stereocenters. The van der Waals surface area contributed by atoms with Crippen molar-refractivity contribution in [2.45, 2.75) is 53.4 Å². The van der Waals surface area contributed by atoms with Gasteiger partial charge in [0, 0.05) is 23.6 Å². The van der Waals surface area contributed by atoms with Crippen molar-refractivity contribution in [3.8, 4) is 21.7 Å². The third kappa shape index (κ3) is 12.7. The molecular formula is C35H44N2O6S3. The Morgan fingerprint density at radius 3 is 2.26 bits per heavy atom. The Morgan fingerprint density at radius 2 is 1.65 bits per heavy atom.